The van der Waals surface area contributed by atoms with Crippen molar-refractivity contribution in [3.8, 4) is 5.75 Å². The summed E-state index contributed by atoms with van der Waals surface area (Å²) in [6.45, 7) is 2.42. The Kier molecular flexibility index (Phi) is 4.15. The van der Waals surface area contributed by atoms with Gasteiger partial charge in [-0.1, -0.05) is 48.5 Å². The number of hydrogen-bond acceptors (Lipinski definition) is 2. The summed E-state index contributed by atoms with van der Waals surface area (Å²) in [4.78, 5) is 10.9. The summed E-state index contributed by atoms with van der Waals surface area (Å²) in [6.07, 6.45) is -1.09. The van der Waals surface area contributed by atoms with Crippen LogP contribution in [0.5, 0.6) is 5.75 Å². The summed E-state index contributed by atoms with van der Waals surface area (Å²) in [5.74, 6) is 0.666. The van der Waals surface area contributed by atoms with Crippen LogP contribution in [0.1, 0.15) is 11.1 Å². The minimum atomic E-state index is -1.09. The zero-order valence-electron chi connectivity index (χ0n) is 12.7. The van der Waals surface area contributed by atoms with E-state index < -0.39 is 6.09 Å². The lowest BCUT2D eigenvalue weighted by Gasteiger charge is -2.13. The molecule has 4 heteroatoms. The molecule has 0 atom stereocenters. The highest BCUT2D eigenvalue weighted by atomic mass is 16.5. The second kappa shape index (κ2) is 6.40. The van der Waals surface area contributed by atoms with Crippen LogP contribution in [0, 0.1) is 6.92 Å². The van der Waals surface area contributed by atoms with E-state index in [9.17, 15) is 4.79 Å². The molecule has 116 valence electrons. The number of hydrogen-bond donors (Lipinski definition) is 2. The number of aryl methyl sites for hydroxylation is 1. The summed E-state index contributed by atoms with van der Waals surface area (Å²) < 4.78 is 5.95. The Balaban J connectivity index is 1.99. The van der Waals surface area contributed by atoms with Crippen LogP contribution < -0.4 is 10.1 Å². The molecular weight excluding hydrogens is 290 g/mol. The average Bonchev–Trinajstić information content (AvgIpc) is 2.54. The zero-order chi connectivity index (χ0) is 16.2. The van der Waals surface area contributed by atoms with Crippen LogP contribution in [-0.2, 0) is 6.61 Å². The number of fused-ring (bicyclic) bond motifs is 1. The number of nitrogens with one attached hydrogen (secondary N) is 1. The Morgan fingerprint density at radius 3 is 2.57 bits per heavy atom. The van der Waals surface area contributed by atoms with Gasteiger partial charge >= 0.3 is 6.09 Å². The molecule has 0 bridgehead atoms. The molecule has 0 heterocycles. The van der Waals surface area contributed by atoms with Gasteiger partial charge in [0.25, 0.3) is 0 Å². The molecule has 0 saturated heterocycles. The molecule has 4 nitrogen and oxygen atoms in total. The molecule has 0 radical (unpaired) electrons. The largest absolute Gasteiger partial charge is 0.488 e. The second-order valence-corrected chi connectivity index (χ2v) is 5.35. The Labute approximate surface area is 134 Å². The lowest BCUT2D eigenvalue weighted by Crippen LogP contribution is -2.07. The van der Waals surface area contributed by atoms with E-state index in [-0.39, 0.29) is 0 Å². The summed E-state index contributed by atoms with van der Waals surface area (Å²) >= 11 is 0. The van der Waals surface area contributed by atoms with Gasteiger partial charge in [-0.05, 0) is 29.5 Å². The monoisotopic (exact) mass is 307 g/mol. The number of amides is 1. The van der Waals surface area contributed by atoms with E-state index in [1.54, 1.807) is 6.07 Å². The van der Waals surface area contributed by atoms with E-state index in [2.05, 4.69) is 5.32 Å². The van der Waals surface area contributed by atoms with Crippen molar-refractivity contribution in [2.24, 2.45) is 0 Å². The molecule has 0 unspecified atom stereocenters. The van der Waals surface area contributed by atoms with Crippen LogP contribution in [0.3, 0.4) is 0 Å². The first-order valence-corrected chi connectivity index (χ1v) is 7.33. The second-order valence-electron chi connectivity index (χ2n) is 5.35. The number of anilines is 1. The third kappa shape index (κ3) is 3.43. The normalized spacial score (nSPS) is 10.5. The van der Waals surface area contributed by atoms with E-state index in [1.165, 1.54) is 0 Å². The predicted octanol–water partition coefficient (Wildman–Crippen LogP) is 4.82. The van der Waals surface area contributed by atoms with Gasteiger partial charge in [0.05, 0.1) is 0 Å². The van der Waals surface area contributed by atoms with Crippen molar-refractivity contribution in [2.45, 2.75) is 13.5 Å². The zero-order valence-corrected chi connectivity index (χ0v) is 12.7. The number of carboxylic acid groups (broad SMARTS) is 1. The lowest BCUT2D eigenvalue weighted by atomic mass is 10.0. The molecule has 0 saturated carbocycles. The number of carbonyl (C=O) groups is 1. The third-order valence-corrected chi connectivity index (χ3v) is 3.66. The summed E-state index contributed by atoms with van der Waals surface area (Å²) in [7, 11) is 0. The van der Waals surface area contributed by atoms with Gasteiger partial charge in [-0.15, -0.1) is 0 Å². The van der Waals surface area contributed by atoms with Crippen LogP contribution >= 0.6 is 0 Å². The molecule has 0 aliphatic rings. The standard InChI is InChI=1S/C19H17NO3/c1-13-6-5-9-16-17(13)10-15(20-19(21)22)11-18(16)23-12-14-7-3-2-4-8-14/h2-11,20H,12H2,1H3,(H,21,22). The number of ether oxygens (including phenoxy) is 1. The van der Waals surface area contributed by atoms with Crippen LogP contribution in [0.15, 0.2) is 60.7 Å². The van der Waals surface area contributed by atoms with Gasteiger partial charge in [-0.25, -0.2) is 4.79 Å². The molecule has 2 N–H and O–H groups in total. The summed E-state index contributed by atoms with van der Waals surface area (Å²) in [5.41, 5.74) is 2.63. The van der Waals surface area contributed by atoms with Crippen LogP contribution in [-0.4, -0.2) is 11.2 Å². The van der Waals surface area contributed by atoms with Crippen molar-refractivity contribution in [3.05, 3.63) is 71.8 Å². The predicted molar refractivity (Wildman–Crippen MR) is 91.1 cm³/mol. The first kappa shape index (κ1) is 14.9. The SMILES string of the molecule is Cc1cccc2c(OCc3ccccc3)cc(NC(=O)O)cc12. The Bertz CT molecular complexity index is 844. The van der Waals surface area contributed by atoms with Crippen molar-refractivity contribution >= 4 is 22.6 Å². The summed E-state index contributed by atoms with van der Waals surface area (Å²) in [5, 5.41) is 13.3. The molecule has 0 spiro atoms. The van der Waals surface area contributed by atoms with E-state index >= 15 is 0 Å². The fourth-order valence-electron chi connectivity index (χ4n) is 2.55. The van der Waals surface area contributed by atoms with Crippen molar-refractivity contribution in [1.29, 1.82) is 0 Å². The van der Waals surface area contributed by atoms with Gasteiger partial charge in [-0.2, -0.15) is 0 Å². The van der Waals surface area contributed by atoms with Gasteiger partial charge in [0.2, 0.25) is 0 Å². The quantitative estimate of drug-likeness (QED) is 0.726. The number of rotatable bonds is 4. The maximum Gasteiger partial charge on any atom is 0.409 e. The average molecular weight is 307 g/mol. The molecule has 3 aromatic rings. The van der Waals surface area contributed by atoms with Crippen molar-refractivity contribution in [1.82, 2.24) is 0 Å². The van der Waals surface area contributed by atoms with Crippen molar-refractivity contribution in [3.63, 3.8) is 0 Å². The fraction of sp³-hybridized carbons (Fsp3) is 0.105. The highest BCUT2D eigenvalue weighted by Gasteiger charge is 2.09. The molecule has 1 amide bonds. The Morgan fingerprint density at radius 1 is 1.04 bits per heavy atom. The molecule has 0 aromatic heterocycles. The van der Waals surface area contributed by atoms with Crippen LogP contribution in [0.4, 0.5) is 10.5 Å². The Morgan fingerprint density at radius 2 is 1.83 bits per heavy atom. The minimum absolute atomic E-state index is 0.431. The topological polar surface area (TPSA) is 58.6 Å². The van der Waals surface area contributed by atoms with Gasteiger partial charge in [0.15, 0.2) is 0 Å². The van der Waals surface area contributed by atoms with E-state index in [0.29, 0.717) is 18.0 Å². The molecule has 3 rings (SSSR count). The van der Waals surface area contributed by atoms with Crippen LogP contribution in [0.2, 0.25) is 0 Å². The van der Waals surface area contributed by atoms with Gasteiger partial charge in [-0.3, -0.25) is 5.32 Å². The van der Waals surface area contributed by atoms with Crippen molar-refractivity contribution in [2.75, 3.05) is 5.32 Å². The lowest BCUT2D eigenvalue weighted by molar-refractivity contribution is 0.209. The molecule has 0 aliphatic carbocycles. The minimum Gasteiger partial charge on any atom is -0.488 e. The molecule has 23 heavy (non-hydrogen) atoms. The maximum atomic E-state index is 10.9. The third-order valence-electron chi connectivity index (χ3n) is 3.66. The van der Waals surface area contributed by atoms with E-state index in [4.69, 9.17) is 9.84 Å². The molecule has 0 aliphatic heterocycles. The summed E-state index contributed by atoms with van der Waals surface area (Å²) in [6, 6.07) is 19.4. The number of benzene rings is 3. The first-order valence-electron chi connectivity index (χ1n) is 7.33. The molecule has 3 aromatic carbocycles. The fourth-order valence-corrected chi connectivity index (χ4v) is 2.55. The van der Waals surface area contributed by atoms with E-state index in [1.807, 2.05) is 61.5 Å². The first-order chi connectivity index (χ1) is 11.1. The molecule has 0 fully saturated rings. The van der Waals surface area contributed by atoms with Crippen LogP contribution in [0.25, 0.3) is 10.8 Å². The highest BCUT2D eigenvalue weighted by Crippen LogP contribution is 2.32. The van der Waals surface area contributed by atoms with Gasteiger partial charge in [0.1, 0.15) is 12.4 Å². The maximum absolute atomic E-state index is 10.9. The highest BCUT2D eigenvalue weighted by molar-refractivity contribution is 5.96. The van der Waals surface area contributed by atoms with Gasteiger partial charge < -0.3 is 9.84 Å². The smallest absolute Gasteiger partial charge is 0.409 e. The Hall–Kier alpha value is -3.01. The molecular formula is C19H17NO3. The van der Waals surface area contributed by atoms with Gasteiger partial charge in [0, 0.05) is 17.1 Å². The van der Waals surface area contributed by atoms with E-state index in [0.717, 1.165) is 21.9 Å². The van der Waals surface area contributed by atoms with Crippen molar-refractivity contribution < 1.29 is 14.6 Å².